The van der Waals surface area contributed by atoms with E-state index in [1.807, 2.05) is 6.92 Å². The van der Waals surface area contributed by atoms with Crippen molar-refractivity contribution in [2.24, 2.45) is 10.1 Å². The standard InChI is InChI=1S/C22H22N4O5S3/c1-3-12-25-18-11-10-17(33(23,28)29)14-20(18)32-22(25)24-21(27)19-5-4-13-26(19)34(30,31)16-8-6-15(2)7-9-16/h1,6-11,14,19H,4-5,12-13H2,2H3,(H2,23,28,29). The van der Waals surface area contributed by atoms with Gasteiger partial charge < -0.3 is 4.57 Å². The number of carbonyl (C=O) groups excluding carboxylic acids is 1. The van der Waals surface area contributed by atoms with Gasteiger partial charge in [0.25, 0.3) is 5.91 Å². The van der Waals surface area contributed by atoms with E-state index in [2.05, 4.69) is 10.9 Å². The molecule has 4 rings (SSSR count). The van der Waals surface area contributed by atoms with Crippen molar-refractivity contribution in [3.05, 3.63) is 52.8 Å². The summed E-state index contributed by atoms with van der Waals surface area (Å²) in [5, 5.41) is 5.22. The maximum atomic E-state index is 13.2. The van der Waals surface area contributed by atoms with Crippen LogP contribution in [0.5, 0.6) is 0 Å². The Hall–Kier alpha value is -2.82. The highest BCUT2D eigenvalue weighted by Gasteiger charge is 2.39. The van der Waals surface area contributed by atoms with Crippen molar-refractivity contribution in [1.29, 1.82) is 0 Å². The van der Waals surface area contributed by atoms with E-state index in [0.29, 0.717) is 23.1 Å². The monoisotopic (exact) mass is 518 g/mol. The number of primary sulfonamides is 1. The number of nitrogens with two attached hydrogens (primary N) is 1. The summed E-state index contributed by atoms with van der Waals surface area (Å²) >= 11 is 1.08. The zero-order valence-electron chi connectivity index (χ0n) is 18.2. The van der Waals surface area contributed by atoms with Crippen LogP contribution in [0, 0.1) is 19.3 Å². The normalized spacial score (nSPS) is 17.8. The number of aryl methyl sites for hydroxylation is 1. The summed E-state index contributed by atoms with van der Waals surface area (Å²) in [4.78, 5) is 17.7. The van der Waals surface area contributed by atoms with Crippen molar-refractivity contribution < 1.29 is 21.6 Å². The predicted molar refractivity (Wildman–Crippen MR) is 129 cm³/mol. The molecule has 1 aliphatic rings. The molecule has 2 N–H and O–H groups in total. The molecule has 12 heteroatoms. The number of terminal acetylenes is 1. The molecule has 0 radical (unpaired) electrons. The average molecular weight is 519 g/mol. The quantitative estimate of drug-likeness (QED) is 0.512. The Morgan fingerprint density at radius 2 is 1.85 bits per heavy atom. The Bertz CT molecular complexity index is 1590. The summed E-state index contributed by atoms with van der Waals surface area (Å²) in [5.74, 6) is 1.90. The highest BCUT2D eigenvalue weighted by Crippen LogP contribution is 2.27. The molecule has 0 saturated carbocycles. The number of hydrogen-bond donors (Lipinski definition) is 1. The Labute approximate surface area is 201 Å². The molecule has 178 valence electrons. The fourth-order valence-electron chi connectivity index (χ4n) is 3.85. The number of amides is 1. The van der Waals surface area contributed by atoms with E-state index < -0.39 is 32.0 Å². The van der Waals surface area contributed by atoms with E-state index in [0.717, 1.165) is 16.9 Å². The van der Waals surface area contributed by atoms with Crippen LogP contribution in [0.3, 0.4) is 0 Å². The maximum Gasteiger partial charge on any atom is 0.266 e. The molecule has 2 aromatic carbocycles. The molecule has 1 aromatic heterocycles. The lowest BCUT2D eigenvalue weighted by atomic mass is 10.2. The van der Waals surface area contributed by atoms with Crippen molar-refractivity contribution in [2.75, 3.05) is 6.54 Å². The number of sulfonamides is 2. The maximum absolute atomic E-state index is 13.2. The van der Waals surface area contributed by atoms with Gasteiger partial charge in [0, 0.05) is 6.54 Å². The molecule has 1 fully saturated rings. The first-order valence-electron chi connectivity index (χ1n) is 10.3. The summed E-state index contributed by atoms with van der Waals surface area (Å²) in [6, 6.07) is 9.84. The summed E-state index contributed by atoms with van der Waals surface area (Å²) in [5.41, 5.74) is 1.52. The second-order valence-corrected chi connectivity index (χ2v) is 12.3. The third kappa shape index (κ3) is 4.57. The summed E-state index contributed by atoms with van der Waals surface area (Å²) in [6.07, 6.45) is 6.37. The number of fused-ring (bicyclic) bond motifs is 1. The first-order valence-corrected chi connectivity index (χ1v) is 14.1. The van der Waals surface area contributed by atoms with E-state index in [-0.39, 0.29) is 27.7 Å². The number of rotatable bonds is 5. The number of hydrogen-bond acceptors (Lipinski definition) is 6. The van der Waals surface area contributed by atoms with Crippen molar-refractivity contribution in [3.63, 3.8) is 0 Å². The minimum atomic E-state index is -3.91. The van der Waals surface area contributed by atoms with Gasteiger partial charge in [0.05, 0.1) is 26.6 Å². The molecule has 1 aliphatic heterocycles. The number of benzene rings is 2. The van der Waals surface area contributed by atoms with E-state index in [1.165, 1.54) is 28.6 Å². The van der Waals surface area contributed by atoms with Gasteiger partial charge >= 0.3 is 0 Å². The molecule has 2 heterocycles. The SMILES string of the molecule is C#CCn1c(=NC(=O)C2CCCN2S(=O)(=O)c2ccc(C)cc2)sc2cc(S(N)(=O)=O)ccc21. The van der Waals surface area contributed by atoms with Crippen LogP contribution < -0.4 is 9.94 Å². The lowest BCUT2D eigenvalue weighted by Crippen LogP contribution is -2.40. The Kier molecular flexibility index (Phi) is 6.50. The predicted octanol–water partition coefficient (Wildman–Crippen LogP) is 1.57. The summed E-state index contributed by atoms with van der Waals surface area (Å²) in [7, 11) is -7.79. The van der Waals surface area contributed by atoms with Crippen LogP contribution in [0.2, 0.25) is 0 Å². The third-order valence-electron chi connectivity index (χ3n) is 5.55. The molecule has 34 heavy (non-hydrogen) atoms. The lowest BCUT2D eigenvalue weighted by Gasteiger charge is -2.21. The van der Waals surface area contributed by atoms with Crippen molar-refractivity contribution in [3.8, 4) is 12.3 Å². The van der Waals surface area contributed by atoms with Crippen LogP contribution in [-0.2, 0) is 31.4 Å². The van der Waals surface area contributed by atoms with Crippen molar-refractivity contribution in [1.82, 2.24) is 8.87 Å². The molecule has 1 amide bonds. The van der Waals surface area contributed by atoms with E-state index in [9.17, 15) is 21.6 Å². The highest BCUT2D eigenvalue weighted by atomic mass is 32.2. The van der Waals surface area contributed by atoms with Gasteiger partial charge in [-0.05, 0) is 50.1 Å². The summed E-state index contributed by atoms with van der Waals surface area (Å²) in [6.45, 7) is 2.17. The highest BCUT2D eigenvalue weighted by molar-refractivity contribution is 7.89. The van der Waals surface area contributed by atoms with E-state index in [1.54, 1.807) is 22.8 Å². The van der Waals surface area contributed by atoms with Crippen molar-refractivity contribution >= 4 is 47.5 Å². The first kappa shape index (κ1) is 24.3. The summed E-state index contributed by atoms with van der Waals surface area (Å²) < 4.78 is 53.1. The minimum absolute atomic E-state index is 0.0712. The second kappa shape index (κ2) is 9.09. The van der Waals surface area contributed by atoms with Crippen LogP contribution in [0.4, 0.5) is 0 Å². The van der Waals surface area contributed by atoms with Gasteiger partial charge in [-0.25, -0.2) is 22.0 Å². The minimum Gasteiger partial charge on any atom is -0.305 e. The van der Waals surface area contributed by atoms with Gasteiger partial charge in [-0.2, -0.15) is 9.30 Å². The first-order chi connectivity index (χ1) is 16.0. The smallest absolute Gasteiger partial charge is 0.266 e. The van der Waals surface area contributed by atoms with Crippen LogP contribution >= 0.6 is 11.3 Å². The van der Waals surface area contributed by atoms with Crippen LogP contribution in [-0.4, -0.2) is 44.2 Å². The van der Waals surface area contributed by atoms with Gasteiger partial charge in [0.15, 0.2) is 4.80 Å². The Morgan fingerprint density at radius 3 is 2.50 bits per heavy atom. The average Bonchev–Trinajstić information content (AvgIpc) is 3.39. The van der Waals surface area contributed by atoms with E-state index >= 15 is 0 Å². The Balaban J connectivity index is 1.75. The van der Waals surface area contributed by atoms with Crippen LogP contribution in [0.25, 0.3) is 10.2 Å². The van der Waals surface area contributed by atoms with Gasteiger partial charge in [-0.15, -0.1) is 6.42 Å². The van der Waals surface area contributed by atoms with Gasteiger partial charge in [0.2, 0.25) is 20.0 Å². The fourth-order valence-corrected chi connectivity index (χ4v) is 7.19. The topological polar surface area (TPSA) is 132 Å². The zero-order valence-corrected chi connectivity index (χ0v) is 20.7. The zero-order chi connectivity index (χ0) is 24.7. The number of thiazole rings is 1. The lowest BCUT2D eigenvalue weighted by molar-refractivity contribution is -0.121. The third-order valence-corrected chi connectivity index (χ3v) is 9.43. The molecule has 3 aromatic rings. The molecule has 0 aliphatic carbocycles. The fraction of sp³-hybridized carbons (Fsp3) is 0.273. The number of aromatic nitrogens is 1. The number of nitrogens with zero attached hydrogens (tertiary/aromatic N) is 3. The van der Waals surface area contributed by atoms with Crippen molar-refractivity contribution in [2.45, 2.75) is 42.1 Å². The molecule has 1 unspecified atom stereocenters. The molecule has 0 bridgehead atoms. The van der Waals surface area contributed by atoms with E-state index in [4.69, 9.17) is 11.6 Å². The molecule has 0 spiro atoms. The van der Waals surface area contributed by atoms with Gasteiger partial charge in [-0.1, -0.05) is 35.0 Å². The molecular weight excluding hydrogens is 496 g/mol. The number of carbonyl (C=O) groups is 1. The molecular formula is C22H22N4O5S3. The second-order valence-electron chi connectivity index (χ2n) is 7.89. The molecule has 9 nitrogen and oxygen atoms in total. The molecule has 1 saturated heterocycles. The van der Waals surface area contributed by atoms with Gasteiger partial charge in [0.1, 0.15) is 6.04 Å². The Morgan fingerprint density at radius 1 is 1.18 bits per heavy atom. The molecule has 1 atom stereocenters. The van der Waals surface area contributed by atoms with Crippen LogP contribution in [0.15, 0.2) is 57.2 Å². The van der Waals surface area contributed by atoms with Gasteiger partial charge in [-0.3, -0.25) is 4.79 Å². The van der Waals surface area contributed by atoms with Crippen LogP contribution in [0.1, 0.15) is 18.4 Å². The largest absolute Gasteiger partial charge is 0.305 e.